The molecule has 2 rings (SSSR count). The van der Waals surface area contributed by atoms with Gasteiger partial charge in [-0.05, 0) is 0 Å². The van der Waals surface area contributed by atoms with Gasteiger partial charge in [0.1, 0.15) is 15.4 Å². The highest BCUT2D eigenvalue weighted by molar-refractivity contribution is 7.15. The Morgan fingerprint density at radius 1 is 1.67 bits per heavy atom. The quantitative estimate of drug-likeness (QED) is 0.891. The molecule has 1 unspecified atom stereocenters. The van der Waals surface area contributed by atoms with Crippen molar-refractivity contribution in [2.24, 2.45) is 5.73 Å². The Morgan fingerprint density at radius 2 is 2.47 bits per heavy atom. The number of aryl methyl sites for hydroxylation is 1. The summed E-state index contributed by atoms with van der Waals surface area (Å²) in [5, 5.41) is 4.47. The summed E-state index contributed by atoms with van der Waals surface area (Å²) in [4.78, 5) is 8.20. The minimum Gasteiger partial charge on any atom is -0.339 e. The first-order chi connectivity index (χ1) is 7.20. The number of thiazole rings is 1. The van der Waals surface area contributed by atoms with Gasteiger partial charge in [-0.3, -0.25) is 0 Å². The van der Waals surface area contributed by atoms with Crippen molar-refractivity contribution in [3.05, 3.63) is 27.3 Å². The zero-order valence-corrected chi connectivity index (χ0v) is 9.55. The molecule has 80 valence electrons. The summed E-state index contributed by atoms with van der Waals surface area (Å²) in [5.41, 5.74) is 5.90. The zero-order valence-electron chi connectivity index (χ0n) is 7.98. The van der Waals surface area contributed by atoms with E-state index in [1.807, 2.05) is 6.92 Å². The maximum atomic E-state index is 5.90. The molecular weight excluding hydrogens is 236 g/mol. The summed E-state index contributed by atoms with van der Waals surface area (Å²) in [6, 6.07) is -0.466. The van der Waals surface area contributed by atoms with Crippen LogP contribution in [0.15, 0.2) is 10.7 Å². The van der Waals surface area contributed by atoms with Crippen molar-refractivity contribution in [1.29, 1.82) is 0 Å². The van der Waals surface area contributed by atoms with Crippen molar-refractivity contribution in [1.82, 2.24) is 15.1 Å². The van der Waals surface area contributed by atoms with Crippen molar-refractivity contribution in [3.63, 3.8) is 0 Å². The third-order valence-corrected chi connectivity index (χ3v) is 3.02. The fourth-order valence-electron chi connectivity index (χ4n) is 1.06. The van der Waals surface area contributed by atoms with Crippen LogP contribution in [-0.2, 0) is 6.42 Å². The molecule has 0 aliphatic carbocycles. The summed E-state index contributed by atoms with van der Waals surface area (Å²) in [6.07, 6.45) is 2.25. The first-order valence-corrected chi connectivity index (χ1v) is 5.59. The van der Waals surface area contributed by atoms with Gasteiger partial charge >= 0.3 is 0 Å². The van der Waals surface area contributed by atoms with Gasteiger partial charge in [-0.25, -0.2) is 4.98 Å². The van der Waals surface area contributed by atoms with Crippen LogP contribution in [0.25, 0.3) is 0 Å². The van der Waals surface area contributed by atoms with E-state index >= 15 is 0 Å². The highest BCUT2D eigenvalue weighted by atomic mass is 35.5. The molecule has 0 aliphatic heterocycles. The fraction of sp³-hybridized carbons (Fsp3) is 0.375. The van der Waals surface area contributed by atoms with E-state index in [1.165, 1.54) is 11.3 Å². The van der Waals surface area contributed by atoms with Crippen LogP contribution in [0.3, 0.4) is 0 Å². The van der Waals surface area contributed by atoms with Gasteiger partial charge in [-0.15, -0.1) is 11.3 Å². The second kappa shape index (κ2) is 4.26. The van der Waals surface area contributed by atoms with Crippen molar-refractivity contribution < 1.29 is 4.52 Å². The summed E-state index contributed by atoms with van der Waals surface area (Å²) in [5.74, 6) is 1.01. The van der Waals surface area contributed by atoms with Crippen LogP contribution in [0.4, 0.5) is 0 Å². The summed E-state index contributed by atoms with van der Waals surface area (Å²) < 4.78 is 5.56. The fourth-order valence-corrected chi connectivity index (χ4v) is 1.99. The maximum absolute atomic E-state index is 5.90. The highest BCUT2D eigenvalue weighted by Crippen LogP contribution is 2.25. The van der Waals surface area contributed by atoms with E-state index in [-0.39, 0.29) is 0 Å². The molecule has 0 saturated heterocycles. The van der Waals surface area contributed by atoms with Crippen LogP contribution in [-0.4, -0.2) is 15.1 Å². The molecule has 1 atom stereocenters. The minimum atomic E-state index is -0.466. The van der Waals surface area contributed by atoms with E-state index in [9.17, 15) is 0 Å². The molecule has 0 amide bonds. The van der Waals surface area contributed by atoms with Crippen molar-refractivity contribution in [3.8, 4) is 0 Å². The monoisotopic (exact) mass is 244 g/mol. The number of nitrogens with zero attached hydrogens (tertiary/aromatic N) is 3. The van der Waals surface area contributed by atoms with Gasteiger partial charge < -0.3 is 10.3 Å². The van der Waals surface area contributed by atoms with Crippen molar-refractivity contribution in [2.75, 3.05) is 0 Å². The van der Waals surface area contributed by atoms with Gasteiger partial charge in [0, 0.05) is 6.42 Å². The van der Waals surface area contributed by atoms with Gasteiger partial charge in [0.25, 0.3) is 0 Å². The minimum absolute atomic E-state index is 0.442. The lowest BCUT2D eigenvalue weighted by Crippen LogP contribution is -2.13. The van der Waals surface area contributed by atoms with Crippen molar-refractivity contribution in [2.45, 2.75) is 19.4 Å². The molecule has 0 bridgehead atoms. The van der Waals surface area contributed by atoms with E-state index in [0.29, 0.717) is 27.5 Å². The van der Waals surface area contributed by atoms with Crippen LogP contribution in [0.2, 0.25) is 4.34 Å². The molecule has 2 aromatic rings. The molecule has 2 aromatic heterocycles. The van der Waals surface area contributed by atoms with Gasteiger partial charge in [0.15, 0.2) is 5.82 Å². The predicted molar refractivity (Wildman–Crippen MR) is 56.8 cm³/mol. The summed E-state index contributed by atoms with van der Waals surface area (Å²) in [7, 11) is 0. The van der Waals surface area contributed by atoms with E-state index in [2.05, 4.69) is 15.1 Å². The highest BCUT2D eigenvalue weighted by Gasteiger charge is 2.18. The van der Waals surface area contributed by atoms with Crippen LogP contribution in [0.5, 0.6) is 0 Å². The number of aromatic nitrogens is 3. The van der Waals surface area contributed by atoms with Gasteiger partial charge in [-0.2, -0.15) is 4.98 Å². The molecular formula is C8H9ClN4OS. The Balaban J connectivity index is 2.23. The Morgan fingerprint density at radius 3 is 3.00 bits per heavy atom. The summed E-state index contributed by atoms with van der Waals surface area (Å²) >= 11 is 7.08. The number of hydrogen-bond acceptors (Lipinski definition) is 6. The first kappa shape index (κ1) is 10.5. The lowest BCUT2D eigenvalue weighted by Gasteiger charge is -2.00. The van der Waals surface area contributed by atoms with E-state index in [1.54, 1.807) is 6.20 Å². The largest absolute Gasteiger partial charge is 0.339 e. The molecule has 2 N–H and O–H groups in total. The Labute approximate surface area is 95.3 Å². The molecule has 15 heavy (non-hydrogen) atoms. The van der Waals surface area contributed by atoms with Crippen LogP contribution < -0.4 is 5.73 Å². The number of nitrogens with two attached hydrogens (primary N) is 1. The van der Waals surface area contributed by atoms with Gasteiger partial charge in [-0.1, -0.05) is 23.7 Å². The smallest absolute Gasteiger partial charge is 0.226 e. The lowest BCUT2D eigenvalue weighted by atomic mass is 10.3. The predicted octanol–water partition coefficient (Wildman–Crippen LogP) is 1.79. The van der Waals surface area contributed by atoms with Crippen LogP contribution >= 0.6 is 22.9 Å². The third-order valence-electron chi connectivity index (χ3n) is 1.83. The van der Waals surface area contributed by atoms with E-state index < -0.39 is 6.04 Å². The van der Waals surface area contributed by atoms with E-state index in [4.69, 9.17) is 21.9 Å². The molecule has 0 aromatic carbocycles. The second-order valence-electron chi connectivity index (χ2n) is 2.88. The SMILES string of the molecule is CCc1nc(C(N)c2ncc(Cl)s2)no1. The maximum Gasteiger partial charge on any atom is 0.226 e. The average molecular weight is 245 g/mol. The summed E-state index contributed by atoms with van der Waals surface area (Å²) in [6.45, 7) is 1.93. The third kappa shape index (κ3) is 2.17. The molecule has 5 nitrogen and oxygen atoms in total. The second-order valence-corrected chi connectivity index (χ2v) is 4.57. The van der Waals surface area contributed by atoms with Crippen LogP contribution in [0.1, 0.15) is 29.7 Å². The normalized spacial score (nSPS) is 13.0. The molecule has 0 spiro atoms. The number of hydrogen-bond donors (Lipinski definition) is 1. The molecule has 0 radical (unpaired) electrons. The topological polar surface area (TPSA) is 77.8 Å². The van der Waals surface area contributed by atoms with E-state index in [0.717, 1.165) is 0 Å². The number of halogens is 1. The molecule has 2 heterocycles. The first-order valence-electron chi connectivity index (χ1n) is 4.40. The Bertz CT molecular complexity index is 455. The Kier molecular flexibility index (Phi) is 2.99. The molecule has 0 fully saturated rings. The van der Waals surface area contributed by atoms with Crippen molar-refractivity contribution >= 4 is 22.9 Å². The molecule has 0 aliphatic rings. The average Bonchev–Trinajstić information content (AvgIpc) is 2.84. The molecule has 7 heteroatoms. The van der Waals surface area contributed by atoms with Gasteiger partial charge in [0.05, 0.1) is 6.20 Å². The lowest BCUT2D eigenvalue weighted by molar-refractivity contribution is 0.375. The Hall–Kier alpha value is -0.980. The number of rotatable bonds is 3. The van der Waals surface area contributed by atoms with Crippen LogP contribution in [0, 0.1) is 0 Å². The molecule has 0 saturated carbocycles. The standard InChI is InChI=1S/C8H9ClN4OS/c1-2-5-12-7(13-14-5)6(10)8-11-3-4(9)15-8/h3,6H,2,10H2,1H3. The zero-order chi connectivity index (χ0) is 10.8. The van der Waals surface area contributed by atoms with Gasteiger partial charge in [0.2, 0.25) is 5.89 Å².